The number of sulfonamides is 1. The van der Waals surface area contributed by atoms with Gasteiger partial charge in [-0.3, -0.25) is 4.79 Å². The molecule has 1 atom stereocenters. The molecule has 144 valence electrons. The quantitative estimate of drug-likeness (QED) is 0.558. The Balaban J connectivity index is 1.90. The number of carbonyl (C=O) groups is 1. The van der Waals surface area contributed by atoms with Gasteiger partial charge in [0.2, 0.25) is 10.0 Å². The Bertz CT molecular complexity index is 1050. The van der Waals surface area contributed by atoms with Gasteiger partial charge in [0, 0.05) is 17.0 Å². The summed E-state index contributed by atoms with van der Waals surface area (Å²) < 4.78 is 28.4. The second-order valence-electron chi connectivity index (χ2n) is 6.53. The summed E-state index contributed by atoms with van der Waals surface area (Å²) in [4.78, 5) is 12.9. The number of carbonyl (C=O) groups excluding carboxylic acids is 1. The van der Waals surface area contributed by atoms with E-state index >= 15 is 0 Å². The van der Waals surface area contributed by atoms with Crippen LogP contribution in [-0.2, 0) is 10.0 Å². The van der Waals surface area contributed by atoms with Crippen LogP contribution in [0.15, 0.2) is 83.8 Å². The van der Waals surface area contributed by atoms with Crippen LogP contribution >= 0.6 is 11.6 Å². The number of benzene rings is 3. The van der Waals surface area contributed by atoms with Crippen molar-refractivity contribution in [2.45, 2.75) is 24.3 Å². The molecule has 0 saturated carbocycles. The molecule has 3 aromatic rings. The number of ketones is 1. The maximum atomic E-state index is 12.9. The van der Waals surface area contributed by atoms with Gasteiger partial charge in [-0.1, -0.05) is 71.8 Å². The maximum absolute atomic E-state index is 12.9. The van der Waals surface area contributed by atoms with E-state index in [9.17, 15) is 13.2 Å². The highest BCUT2D eigenvalue weighted by Crippen LogP contribution is 2.24. The van der Waals surface area contributed by atoms with E-state index in [2.05, 4.69) is 4.72 Å². The maximum Gasteiger partial charge on any atom is 0.241 e. The van der Waals surface area contributed by atoms with E-state index in [-0.39, 0.29) is 17.1 Å². The zero-order valence-corrected chi connectivity index (χ0v) is 16.9. The van der Waals surface area contributed by atoms with Crippen LogP contribution in [0.2, 0.25) is 5.02 Å². The minimum Gasteiger partial charge on any atom is -0.294 e. The zero-order chi connectivity index (χ0) is 20.1. The van der Waals surface area contributed by atoms with Gasteiger partial charge >= 0.3 is 0 Å². The molecule has 0 fully saturated rings. The van der Waals surface area contributed by atoms with Crippen LogP contribution in [0.4, 0.5) is 0 Å². The van der Waals surface area contributed by atoms with Crippen molar-refractivity contribution in [1.82, 2.24) is 4.72 Å². The lowest BCUT2D eigenvalue weighted by atomic mass is 9.99. The minimum atomic E-state index is -3.80. The normalized spacial score (nSPS) is 12.5. The van der Waals surface area contributed by atoms with E-state index in [0.29, 0.717) is 16.1 Å². The van der Waals surface area contributed by atoms with Crippen molar-refractivity contribution in [2.75, 3.05) is 0 Å². The number of hydrogen-bond acceptors (Lipinski definition) is 3. The Hall–Kier alpha value is -2.47. The molecule has 6 heteroatoms. The van der Waals surface area contributed by atoms with Crippen molar-refractivity contribution >= 4 is 27.4 Å². The molecular formula is C22H20ClNO3S. The smallest absolute Gasteiger partial charge is 0.241 e. The molecule has 0 saturated heterocycles. The summed E-state index contributed by atoms with van der Waals surface area (Å²) in [5.41, 5.74) is 2.17. The predicted molar refractivity (Wildman–Crippen MR) is 111 cm³/mol. The number of aryl methyl sites for hydroxylation is 1. The molecule has 0 amide bonds. The summed E-state index contributed by atoms with van der Waals surface area (Å²) >= 11 is 5.96. The molecule has 0 heterocycles. The fourth-order valence-corrected chi connectivity index (χ4v) is 4.17. The Morgan fingerprint density at radius 1 is 0.929 bits per heavy atom. The Kier molecular flexibility index (Phi) is 6.29. The summed E-state index contributed by atoms with van der Waals surface area (Å²) in [6.07, 6.45) is -0.00324. The van der Waals surface area contributed by atoms with E-state index in [1.807, 2.05) is 13.0 Å². The molecule has 0 radical (unpaired) electrons. The molecule has 0 spiro atoms. The Labute approximate surface area is 170 Å². The lowest BCUT2D eigenvalue weighted by Crippen LogP contribution is -2.30. The molecule has 3 rings (SSSR count). The topological polar surface area (TPSA) is 63.2 Å². The molecule has 0 unspecified atom stereocenters. The van der Waals surface area contributed by atoms with E-state index in [1.54, 1.807) is 72.8 Å². The highest BCUT2D eigenvalue weighted by molar-refractivity contribution is 7.89. The van der Waals surface area contributed by atoms with Gasteiger partial charge in [-0.2, -0.15) is 0 Å². The zero-order valence-electron chi connectivity index (χ0n) is 15.3. The first-order chi connectivity index (χ1) is 13.3. The third-order valence-corrected chi connectivity index (χ3v) is 6.13. The van der Waals surface area contributed by atoms with Gasteiger partial charge < -0.3 is 0 Å². The van der Waals surface area contributed by atoms with Gasteiger partial charge in [0.25, 0.3) is 0 Å². The second-order valence-corrected chi connectivity index (χ2v) is 8.68. The summed E-state index contributed by atoms with van der Waals surface area (Å²) in [7, 11) is -3.80. The molecule has 0 aromatic heterocycles. The summed E-state index contributed by atoms with van der Waals surface area (Å²) in [5.74, 6) is -0.146. The Morgan fingerprint density at radius 2 is 1.54 bits per heavy atom. The standard InChI is InChI=1S/C22H20ClNO3S/c1-16-7-13-20(14-8-16)28(26,27)24-21(17-9-11-19(23)12-10-17)15-22(25)18-5-3-2-4-6-18/h2-14,21,24H,15H2,1H3/t21-/m0/s1. The summed E-state index contributed by atoms with van der Waals surface area (Å²) in [6.45, 7) is 1.89. The second kappa shape index (κ2) is 8.69. The molecule has 0 bridgehead atoms. The third-order valence-electron chi connectivity index (χ3n) is 4.39. The van der Waals surface area contributed by atoms with Crippen molar-refractivity contribution < 1.29 is 13.2 Å². The molecule has 4 nitrogen and oxygen atoms in total. The first-order valence-electron chi connectivity index (χ1n) is 8.78. The number of rotatable bonds is 7. The van der Waals surface area contributed by atoms with Crippen molar-refractivity contribution in [3.63, 3.8) is 0 Å². The van der Waals surface area contributed by atoms with Crippen molar-refractivity contribution in [2.24, 2.45) is 0 Å². The molecule has 0 aliphatic rings. The van der Waals surface area contributed by atoms with E-state index in [4.69, 9.17) is 11.6 Å². The Morgan fingerprint density at radius 3 is 2.14 bits per heavy atom. The average Bonchev–Trinajstić information content (AvgIpc) is 2.69. The third kappa shape index (κ3) is 5.07. The fraction of sp³-hybridized carbons (Fsp3) is 0.136. The predicted octanol–water partition coefficient (Wildman–Crippen LogP) is 4.94. The van der Waals surface area contributed by atoms with Gasteiger partial charge in [-0.25, -0.2) is 13.1 Å². The van der Waals surface area contributed by atoms with Crippen LogP contribution < -0.4 is 4.72 Å². The van der Waals surface area contributed by atoms with Crippen LogP contribution in [0.3, 0.4) is 0 Å². The first kappa shape index (κ1) is 20.3. The number of nitrogens with one attached hydrogen (secondary N) is 1. The fourth-order valence-electron chi connectivity index (χ4n) is 2.82. The molecule has 28 heavy (non-hydrogen) atoms. The molecular weight excluding hydrogens is 394 g/mol. The van der Waals surface area contributed by atoms with Crippen LogP contribution in [0.25, 0.3) is 0 Å². The van der Waals surface area contributed by atoms with Crippen LogP contribution in [0.1, 0.15) is 33.9 Å². The van der Waals surface area contributed by atoms with Gasteiger partial charge in [0.05, 0.1) is 10.9 Å². The SMILES string of the molecule is Cc1ccc(S(=O)(=O)N[C@@H](CC(=O)c2ccccc2)c2ccc(Cl)cc2)cc1. The lowest BCUT2D eigenvalue weighted by molar-refractivity contribution is 0.0972. The molecule has 1 N–H and O–H groups in total. The minimum absolute atomic E-state index is 0.00324. The van der Waals surface area contributed by atoms with Crippen molar-refractivity contribution in [1.29, 1.82) is 0 Å². The number of Topliss-reactive ketones (excluding diaryl/α,β-unsaturated/α-hetero) is 1. The largest absolute Gasteiger partial charge is 0.294 e. The van der Waals surface area contributed by atoms with Gasteiger partial charge in [-0.15, -0.1) is 0 Å². The monoisotopic (exact) mass is 413 g/mol. The first-order valence-corrected chi connectivity index (χ1v) is 10.6. The summed E-state index contributed by atoms with van der Waals surface area (Å²) in [6, 6.07) is 21.5. The highest BCUT2D eigenvalue weighted by atomic mass is 35.5. The van der Waals surface area contributed by atoms with E-state index < -0.39 is 16.1 Å². The number of halogens is 1. The highest BCUT2D eigenvalue weighted by Gasteiger charge is 2.24. The van der Waals surface area contributed by atoms with Crippen molar-refractivity contribution in [3.8, 4) is 0 Å². The lowest BCUT2D eigenvalue weighted by Gasteiger charge is -2.19. The van der Waals surface area contributed by atoms with Crippen LogP contribution in [-0.4, -0.2) is 14.2 Å². The van der Waals surface area contributed by atoms with Crippen molar-refractivity contribution in [3.05, 3.63) is 101 Å². The van der Waals surface area contributed by atoms with Crippen LogP contribution in [0, 0.1) is 6.92 Å². The molecule has 3 aromatic carbocycles. The van der Waals surface area contributed by atoms with Gasteiger partial charge in [-0.05, 0) is 36.8 Å². The van der Waals surface area contributed by atoms with Gasteiger partial charge in [0.15, 0.2) is 5.78 Å². The number of hydrogen-bond donors (Lipinski definition) is 1. The van der Waals surface area contributed by atoms with Gasteiger partial charge in [0.1, 0.15) is 0 Å². The average molecular weight is 414 g/mol. The van der Waals surface area contributed by atoms with E-state index in [1.165, 1.54) is 0 Å². The van der Waals surface area contributed by atoms with Crippen LogP contribution in [0.5, 0.6) is 0 Å². The molecule has 0 aliphatic carbocycles. The molecule has 0 aliphatic heterocycles. The van der Waals surface area contributed by atoms with E-state index in [0.717, 1.165) is 5.56 Å². The summed E-state index contributed by atoms with van der Waals surface area (Å²) in [5, 5.41) is 0.540.